The summed E-state index contributed by atoms with van der Waals surface area (Å²) in [5, 5.41) is 19.8. The fourth-order valence-electron chi connectivity index (χ4n) is 3.44. The molecular weight excluding hydrogens is 387 g/mol. The molecule has 0 bridgehead atoms. The Morgan fingerprint density at radius 1 is 0.857 bits per heavy atom. The van der Waals surface area contributed by atoms with Gasteiger partial charge in [-0.2, -0.15) is 0 Å². The second-order valence-corrected chi connectivity index (χ2v) is 8.91. The molecule has 0 aromatic heterocycles. The minimum atomic E-state index is -4.80. The zero-order valence-corrected chi connectivity index (χ0v) is 20.6. The molecule has 0 fully saturated rings. The largest absolute Gasteiger partial charge is 1.00 e. The topological polar surface area (TPSA) is 97.7 Å². The Balaban J connectivity index is 0.00000729. The Bertz CT molecular complexity index is 661. The molecule has 0 spiro atoms. The first-order chi connectivity index (χ1) is 12.8. The van der Waals surface area contributed by atoms with Gasteiger partial charge in [0.25, 0.3) is 0 Å². The second-order valence-electron chi connectivity index (χ2n) is 7.56. The van der Waals surface area contributed by atoms with Gasteiger partial charge in [0.2, 0.25) is 0 Å². The van der Waals surface area contributed by atoms with Gasteiger partial charge in [-0.3, -0.25) is 0 Å². The van der Waals surface area contributed by atoms with Crippen molar-refractivity contribution in [3.05, 3.63) is 17.7 Å². The molecule has 0 aliphatic rings. The molecule has 0 heterocycles. The molecule has 0 aliphatic carbocycles. The number of hydrogen-bond donors (Lipinski definition) is 2. The first kappa shape index (κ1) is 27.7. The summed E-state index contributed by atoms with van der Waals surface area (Å²) >= 11 is 0. The van der Waals surface area contributed by atoms with Gasteiger partial charge in [0.05, 0.1) is 4.90 Å². The van der Waals surface area contributed by atoms with Crippen LogP contribution in [0.3, 0.4) is 0 Å². The molecular formula is C21H35NaO5S. The molecule has 2 N–H and O–H groups in total. The molecule has 1 aromatic carbocycles. The first-order valence-electron chi connectivity index (χ1n) is 10.3. The van der Waals surface area contributed by atoms with E-state index in [-0.39, 0.29) is 41.2 Å². The van der Waals surface area contributed by atoms with Crippen molar-refractivity contribution in [3.63, 3.8) is 0 Å². The minimum Gasteiger partial charge on any atom is -0.744 e. The normalized spacial score (nSPS) is 12.5. The molecule has 0 saturated heterocycles. The maximum atomic E-state index is 11.0. The van der Waals surface area contributed by atoms with E-state index in [4.69, 9.17) is 0 Å². The summed E-state index contributed by atoms with van der Waals surface area (Å²) in [5.74, 6) is -0.862. The number of aromatic hydroxyl groups is 2. The zero-order chi connectivity index (χ0) is 20.3. The van der Waals surface area contributed by atoms with Crippen molar-refractivity contribution in [2.45, 2.75) is 102 Å². The van der Waals surface area contributed by atoms with E-state index in [1.807, 2.05) is 6.92 Å². The average Bonchev–Trinajstić information content (AvgIpc) is 2.60. The van der Waals surface area contributed by atoms with Gasteiger partial charge in [-0.1, -0.05) is 84.5 Å². The van der Waals surface area contributed by atoms with Gasteiger partial charge < -0.3 is 14.8 Å². The summed E-state index contributed by atoms with van der Waals surface area (Å²) in [7, 11) is -4.80. The summed E-state index contributed by atoms with van der Waals surface area (Å²) < 4.78 is 33.1. The third kappa shape index (κ3) is 10.5. The van der Waals surface area contributed by atoms with E-state index in [9.17, 15) is 23.2 Å². The van der Waals surface area contributed by atoms with Crippen LogP contribution in [0.4, 0.5) is 0 Å². The summed E-state index contributed by atoms with van der Waals surface area (Å²) in [4.78, 5) is -0.773. The van der Waals surface area contributed by atoms with Crippen LogP contribution in [0.1, 0.15) is 102 Å². The van der Waals surface area contributed by atoms with Gasteiger partial charge in [-0.25, -0.2) is 8.42 Å². The quantitative estimate of drug-likeness (QED) is 0.208. The van der Waals surface area contributed by atoms with Crippen LogP contribution in [0.2, 0.25) is 0 Å². The van der Waals surface area contributed by atoms with E-state index >= 15 is 0 Å². The molecule has 1 unspecified atom stereocenters. The van der Waals surface area contributed by atoms with Crippen molar-refractivity contribution in [2.75, 3.05) is 0 Å². The predicted octanol–water partition coefficient (Wildman–Crippen LogP) is 2.81. The van der Waals surface area contributed by atoms with Crippen LogP contribution in [0.25, 0.3) is 0 Å². The first-order valence-corrected chi connectivity index (χ1v) is 11.7. The van der Waals surface area contributed by atoms with Crippen molar-refractivity contribution >= 4 is 10.1 Å². The maximum absolute atomic E-state index is 11.0. The van der Waals surface area contributed by atoms with Crippen molar-refractivity contribution in [1.29, 1.82) is 0 Å². The maximum Gasteiger partial charge on any atom is 1.00 e. The molecule has 7 heteroatoms. The molecule has 5 nitrogen and oxygen atoms in total. The fourth-order valence-corrected chi connectivity index (χ4v) is 4.01. The van der Waals surface area contributed by atoms with Crippen LogP contribution in [0.5, 0.6) is 11.5 Å². The minimum absolute atomic E-state index is 0. The van der Waals surface area contributed by atoms with E-state index < -0.39 is 20.8 Å². The number of rotatable bonds is 14. The molecule has 0 aliphatic heterocycles. The molecule has 0 radical (unpaired) electrons. The van der Waals surface area contributed by atoms with Gasteiger partial charge in [0.15, 0.2) is 0 Å². The Morgan fingerprint density at radius 3 is 1.79 bits per heavy atom. The smallest absolute Gasteiger partial charge is 0.744 e. The molecule has 0 amide bonds. The molecule has 1 rings (SSSR count). The standard InChI is InChI=1S/C21H36O5S.Na/c1-3-4-5-6-7-8-9-10-11-12-13-14-17(2)18-15-20(23)21(16-19(18)22)27(24,25)26;/h15-17,22-23H,3-14H2,1-2H3,(H,24,25,26);/q;+1/p-1. The number of phenolic OH excluding ortho intramolecular Hbond substituents is 2. The number of benzene rings is 1. The third-order valence-corrected chi connectivity index (χ3v) is 6.01. The summed E-state index contributed by atoms with van der Waals surface area (Å²) in [6.07, 6.45) is 14.7. The SMILES string of the molecule is CCCCCCCCCCCCCC(C)c1cc(O)c(S(=O)(=O)[O-])cc1O.[Na+]. The summed E-state index contributed by atoms with van der Waals surface area (Å²) in [6, 6.07) is 2.05. The molecule has 1 aromatic rings. The number of unbranched alkanes of at least 4 members (excludes halogenated alkanes) is 10. The van der Waals surface area contributed by atoms with Gasteiger partial charge in [-0.05, 0) is 18.4 Å². The fraction of sp³-hybridized carbons (Fsp3) is 0.714. The van der Waals surface area contributed by atoms with E-state index in [1.165, 1.54) is 63.9 Å². The molecule has 0 saturated carbocycles. The van der Waals surface area contributed by atoms with Crippen molar-refractivity contribution in [2.24, 2.45) is 0 Å². The van der Waals surface area contributed by atoms with E-state index in [1.54, 1.807) is 0 Å². The van der Waals surface area contributed by atoms with Crippen LogP contribution in [-0.2, 0) is 10.1 Å². The van der Waals surface area contributed by atoms with Gasteiger partial charge in [0, 0.05) is 11.6 Å². The van der Waals surface area contributed by atoms with Crippen LogP contribution in [0, 0.1) is 0 Å². The summed E-state index contributed by atoms with van der Waals surface area (Å²) in [5.41, 5.74) is 0.479. The van der Waals surface area contributed by atoms with Gasteiger partial charge >= 0.3 is 29.6 Å². The summed E-state index contributed by atoms with van der Waals surface area (Å²) in [6.45, 7) is 4.16. The van der Waals surface area contributed by atoms with Crippen LogP contribution in [-0.4, -0.2) is 23.2 Å². The van der Waals surface area contributed by atoms with Crippen LogP contribution in [0.15, 0.2) is 17.0 Å². The van der Waals surface area contributed by atoms with Crippen molar-refractivity contribution in [1.82, 2.24) is 0 Å². The Kier molecular flexibility index (Phi) is 14.5. The van der Waals surface area contributed by atoms with Gasteiger partial charge in [0.1, 0.15) is 21.6 Å². The van der Waals surface area contributed by atoms with Crippen molar-refractivity contribution in [3.8, 4) is 11.5 Å². The Labute approximate surface area is 193 Å². The van der Waals surface area contributed by atoms with Crippen molar-refractivity contribution < 1.29 is 52.7 Å². The van der Waals surface area contributed by atoms with E-state index in [2.05, 4.69) is 6.92 Å². The second kappa shape index (κ2) is 14.7. The molecule has 156 valence electrons. The number of hydrogen-bond acceptors (Lipinski definition) is 5. The molecule has 1 atom stereocenters. The zero-order valence-electron chi connectivity index (χ0n) is 17.7. The van der Waals surface area contributed by atoms with Crippen LogP contribution < -0.4 is 29.6 Å². The predicted molar refractivity (Wildman–Crippen MR) is 107 cm³/mol. The average molecular weight is 423 g/mol. The van der Waals surface area contributed by atoms with Gasteiger partial charge in [-0.15, -0.1) is 0 Å². The molecule has 28 heavy (non-hydrogen) atoms. The Hall–Kier alpha value is -0.270. The van der Waals surface area contributed by atoms with Crippen LogP contribution >= 0.6 is 0 Å². The Morgan fingerprint density at radius 2 is 1.32 bits per heavy atom. The van der Waals surface area contributed by atoms with E-state index in [0.29, 0.717) is 5.56 Å². The van der Waals surface area contributed by atoms with E-state index in [0.717, 1.165) is 25.3 Å². The third-order valence-electron chi connectivity index (χ3n) is 5.15. The monoisotopic (exact) mass is 422 g/mol. The number of phenols is 2.